The van der Waals surface area contributed by atoms with E-state index in [4.69, 9.17) is 9.47 Å². The summed E-state index contributed by atoms with van der Waals surface area (Å²) in [5.41, 5.74) is 2.64. The summed E-state index contributed by atoms with van der Waals surface area (Å²) in [6, 6.07) is 21.7. The first-order chi connectivity index (χ1) is 15.1. The van der Waals surface area contributed by atoms with E-state index in [-0.39, 0.29) is 11.8 Å². The first kappa shape index (κ1) is 21.6. The van der Waals surface area contributed by atoms with Crippen LogP contribution >= 0.6 is 0 Å². The standard InChI is InChI=1S/C25H24N2O4/c1-30-20-12-7-18(8-13-20)11-16-24(28)27-23-6-4-3-5-22(23)25(29)26-17-19-9-14-21(31-2)15-10-19/h3-16H,17H2,1-2H3,(H,26,29)(H,27,28)/b16-11+. The van der Waals surface area contributed by atoms with Crippen LogP contribution in [0.1, 0.15) is 21.5 Å². The SMILES string of the molecule is COc1ccc(/C=C/C(=O)Nc2ccccc2C(=O)NCc2ccc(OC)cc2)cc1. The van der Waals surface area contributed by atoms with Gasteiger partial charge in [-0.05, 0) is 53.6 Å². The summed E-state index contributed by atoms with van der Waals surface area (Å²) in [6.07, 6.45) is 3.12. The maximum absolute atomic E-state index is 12.7. The van der Waals surface area contributed by atoms with E-state index in [9.17, 15) is 9.59 Å². The molecule has 6 heteroatoms. The monoisotopic (exact) mass is 416 g/mol. The van der Waals surface area contributed by atoms with E-state index in [0.29, 0.717) is 17.8 Å². The number of carbonyl (C=O) groups excluding carboxylic acids is 2. The maximum atomic E-state index is 12.7. The van der Waals surface area contributed by atoms with Crippen molar-refractivity contribution in [2.45, 2.75) is 6.54 Å². The second-order valence-electron chi connectivity index (χ2n) is 6.67. The Labute approximate surface area is 181 Å². The Hall–Kier alpha value is -4.06. The van der Waals surface area contributed by atoms with Crippen molar-refractivity contribution in [2.75, 3.05) is 19.5 Å². The molecule has 0 aromatic heterocycles. The molecule has 3 aromatic rings. The summed E-state index contributed by atoms with van der Waals surface area (Å²) in [5, 5.41) is 5.64. The van der Waals surface area contributed by atoms with Crippen molar-refractivity contribution in [3.8, 4) is 11.5 Å². The van der Waals surface area contributed by atoms with Crippen molar-refractivity contribution in [3.05, 3.63) is 95.6 Å². The number of methoxy groups -OCH3 is 2. The van der Waals surface area contributed by atoms with Crippen molar-refractivity contribution >= 4 is 23.6 Å². The topological polar surface area (TPSA) is 76.7 Å². The second kappa shape index (κ2) is 10.6. The number of carbonyl (C=O) groups is 2. The van der Waals surface area contributed by atoms with E-state index in [1.54, 1.807) is 44.6 Å². The van der Waals surface area contributed by atoms with Gasteiger partial charge in [0.1, 0.15) is 11.5 Å². The van der Waals surface area contributed by atoms with Crippen LogP contribution in [0, 0.1) is 0 Å². The number of rotatable bonds is 8. The van der Waals surface area contributed by atoms with Gasteiger partial charge in [-0.2, -0.15) is 0 Å². The van der Waals surface area contributed by atoms with Gasteiger partial charge in [-0.25, -0.2) is 0 Å². The summed E-state index contributed by atoms with van der Waals surface area (Å²) in [6.45, 7) is 0.364. The van der Waals surface area contributed by atoms with E-state index >= 15 is 0 Å². The molecule has 0 heterocycles. The van der Waals surface area contributed by atoms with E-state index in [1.165, 1.54) is 6.08 Å². The van der Waals surface area contributed by atoms with Gasteiger partial charge in [-0.15, -0.1) is 0 Å². The molecule has 3 rings (SSSR count). The van der Waals surface area contributed by atoms with Crippen LogP contribution < -0.4 is 20.1 Å². The summed E-state index contributed by atoms with van der Waals surface area (Å²) in [4.78, 5) is 25.0. The number of hydrogen-bond acceptors (Lipinski definition) is 4. The molecule has 2 N–H and O–H groups in total. The van der Waals surface area contributed by atoms with Crippen LogP contribution in [0.3, 0.4) is 0 Å². The fourth-order valence-corrected chi connectivity index (χ4v) is 2.87. The van der Waals surface area contributed by atoms with Gasteiger partial charge in [0, 0.05) is 12.6 Å². The van der Waals surface area contributed by atoms with Crippen LogP contribution in [0.5, 0.6) is 11.5 Å². The largest absolute Gasteiger partial charge is 0.497 e. The fourth-order valence-electron chi connectivity index (χ4n) is 2.87. The average molecular weight is 416 g/mol. The van der Waals surface area contributed by atoms with E-state index in [2.05, 4.69) is 10.6 Å². The lowest BCUT2D eigenvalue weighted by Gasteiger charge is -2.11. The van der Waals surface area contributed by atoms with Gasteiger partial charge >= 0.3 is 0 Å². The zero-order valence-electron chi connectivity index (χ0n) is 17.4. The molecule has 2 amide bonds. The highest BCUT2D eigenvalue weighted by atomic mass is 16.5. The van der Waals surface area contributed by atoms with Crippen molar-refractivity contribution in [1.82, 2.24) is 5.32 Å². The summed E-state index contributed by atoms with van der Waals surface area (Å²) >= 11 is 0. The van der Waals surface area contributed by atoms with Crippen LogP contribution in [0.2, 0.25) is 0 Å². The molecule has 158 valence electrons. The molecule has 0 aliphatic carbocycles. The molecular weight excluding hydrogens is 392 g/mol. The zero-order valence-corrected chi connectivity index (χ0v) is 17.4. The molecule has 0 bridgehead atoms. The third-order valence-electron chi connectivity index (χ3n) is 4.58. The van der Waals surface area contributed by atoms with Crippen molar-refractivity contribution in [2.24, 2.45) is 0 Å². The van der Waals surface area contributed by atoms with Gasteiger partial charge in [-0.1, -0.05) is 36.4 Å². The molecule has 31 heavy (non-hydrogen) atoms. The van der Waals surface area contributed by atoms with Crippen LogP contribution in [0.15, 0.2) is 78.9 Å². The number of benzene rings is 3. The van der Waals surface area contributed by atoms with E-state index in [0.717, 1.165) is 22.6 Å². The predicted molar refractivity (Wildman–Crippen MR) is 121 cm³/mol. The smallest absolute Gasteiger partial charge is 0.253 e. The Morgan fingerprint density at radius 2 is 1.45 bits per heavy atom. The molecule has 0 atom stereocenters. The van der Waals surface area contributed by atoms with Crippen LogP contribution in [0.25, 0.3) is 6.08 Å². The molecule has 6 nitrogen and oxygen atoms in total. The van der Waals surface area contributed by atoms with Gasteiger partial charge in [0.05, 0.1) is 25.5 Å². The molecule has 0 aliphatic heterocycles. The normalized spacial score (nSPS) is 10.5. The maximum Gasteiger partial charge on any atom is 0.253 e. The fraction of sp³-hybridized carbons (Fsp3) is 0.120. The molecule has 0 unspecified atom stereocenters. The minimum atomic E-state index is -0.328. The number of anilines is 1. The van der Waals surface area contributed by atoms with Crippen molar-refractivity contribution in [3.63, 3.8) is 0 Å². The first-order valence-corrected chi connectivity index (χ1v) is 9.72. The van der Waals surface area contributed by atoms with Crippen LogP contribution in [-0.4, -0.2) is 26.0 Å². The van der Waals surface area contributed by atoms with Gasteiger partial charge in [0.15, 0.2) is 0 Å². The summed E-state index contributed by atoms with van der Waals surface area (Å²) < 4.78 is 10.3. The zero-order chi connectivity index (χ0) is 22.1. The second-order valence-corrected chi connectivity index (χ2v) is 6.67. The van der Waals surface area contributed by atoms with Crippen LogP contribution in [-0.2, 0) is 11.3 Å². The van der Waals surface area contributed by atoms with Gasteiger partial charge in [-0.3, -0.25) is 9.59 Å². The summed E-state index contributed by atoms with van der Waals surface area (Å²) in [7, 11) is 3.21. The number of para-hydroxylation sites is 1. The summed E-state index contributed by atoms with van der Waals surface area (Å²) in [5.74, 6) is 0.902. The lowest BCUT2D eigenvalue weighted by Crippen LogP contribution is -2.24. The lowest BCUT2D eigenvalue weighted by atomic mass is 10.1. The van der Waals surface area contributed by atoms with Crippen molar-refractivity contribution < 1.29 is 19.1 Å². The van der Waals surface area contributed by atoms with Crippen LogP contribution in [0.4, 0.5) is 5.69 Å². The van der Waals surface area contributed by atoms with Crippen molar-refractivity contribution in [1.29, 1.82) is 0 Å². The third-order valence-corrected chi connectivity index (χ3v) is 4.58. The third kappa shape index (κ3) is 6.21. The molecule has 0 aliphatic rings. The molecule has 0 saturated heterocycles. The van der Waals surface area contributed by atoms with E-state index in [1.807, 2.05) is 48.5 Å². The molecule has 0 fully saturated rings. The Morgan fingerprint density at radius 1 is 0.839 bits per heavy atom. The minimum Gasteiger partial charge on any atom is -0.497 e. The number of amides is 2. The van der Waals surface area contributed by atoms with Gasteiger partial charge < -0.3 is 20.1 Å². The van der Waals surface area contributed by atoms with Gasteiger partial charge in [0.25, 0.3) is 5.91 Å². The molecular formula is C25H24N2O4. The number of ether oxygens (including phenoxy) is 2. The average Bonchev–Trinajstić information content (AvgIpc) is 2.82. The molecule has 0 spiro atoms. The first-order valence-electron chi connectivity index (χ1n) is 9.72. The Bertz CT molecular complexity index is 1060. The Morgan fingerprint density at radius 3 is 2.10 bits per heavy atom. The Balaban J connectivity index is 1.62. The lowest BCUT2D eigenvalue weighted by molar-refractivity contribution is -0.111. The highest BCUT2D eigenvalue weighted by Crippen LogP contribution is 2.17. The quantitative estimate of drug-likeness (QED) is 0.537. The minimum absolute atomic E-state index is 0.272. The highest BCUT2D eigenvalue weighted by molar-refractivity contribution is 6.07. The molecule has 3 aromatic carbocycles. The highest BCUT2D eigenvalue weighted by Gasteiger charge is 2.12. The number of hydrogen-bond donors (Lipinski definition) is 2. The Kier molecular flexibility index (Phi) is 7.43. The van der Waals surface area contributed by atoms with E-state index < -0.39 is 0 Å². The number of nitrogens with one attached hydrogen (secondary N) is 2. The molecule has 0 radical (unpaired) electrons. The van der Waals surface area contributed by atoms with Gasteiger partial charge in [0.2, 0.25) is 5.91 Å². The predicted octanol–water partition coefficient (Wildman–Crippen LogP) is 4.29. The molecule has 0 saturated carbocycles.